The Labute approximate surface area is 122 Å². The number of rotatable bonds is 5. The Morgan fingerprint density at radius 1 is 1.30 bits per heavy atom. The largest absolute Gasteiger partial charge is 0.376 e. The molecule has 0 amide bonds. The van der Waals surface area contributed by atoms with E-state index in [1.807, 2.05) is 0 Å². The minimum atomic E-state index is 0.334. The molecule has 0 saturated carbocycles. The predicted molar refractivity (Wildman–Crippen MR) is 83.0 cm³/mol. The van der Waals surface area contributed by atoms with Crippen LogP contribution >= 0.6 is 0 Å². The molecule has 3 rings (SSSR count). The topological polar surface area (TPSA) is 21.3 Å². The van der Waals surface area contributed by atoms with Gasteiger partial charge in [-0.1, -0.05) is 32.0 Å². The summed E-state index contributed by atoms with van der Waals surface area (Å²) < 4.78 is 6.04. The van der Waals surface area contributed by atoms with Gasteiger partial charge in [-0.15, -0.1) is 0 Å². The lowest BCUT2D eigenvalue weighted by Gasteiger charge is -2.28. The van der Waals surface area contributed by atoms with Crippen molar-refractivity contribution in [1.29, 1.82) is 0 Å². The van der Waals surface area contributed by atoms with E-state index in [-0.39, 0.29) is 0 Å². The van der Waals surface area contributed by atoms with E-state index < -0.39 is 0 Å². The maximum Gasteiger partial charge on any atom is 0.0795 e. The van der Waals surface area contributed by atoms with Gasteiger partial charge < -0.3 is 10.1 Å². The maximum absolute atomic E-state index is 6.04. The Bertz CT molecular complexity index is 457. The molecule has 1 fully saturated rings. The Hall–Kier alpha value is -0.860. The molecule has 0 spiro atoms. The second-order valence-electron chi connectivity index (χ2n) is 6.41. The second-order valence-corrected chi connectivity index (χ2v) is 6.41. The van der Waals surface area contributed by atoms with Crippen molar-refractivity contribution >= 4 is 0 Å². The van der Waals surface area contributed by atoms with Gasteiger partial charge in [-0.05, 0) is 61.3 Å². The normalized spacial score (nSPS) is 26.7. The van der Waals surface area contributed by atoms with E-state index in [1.54, 1.807) is 11.1 Å². The smallest absolute Gasteiger partial charge is 0.0795 e. The number of aryl methyl sites for hydroxylation is 2. The molecule has 20 heavy (non-hydrogen) atoms. The average Bonchev–Trinajstić information content (AvgIpc) is 3.08. The van der Waals surface area contributed by atoms with Crippen molar-refractivity contribution in [3.63, 3.8) is 0 Å². The van der Waals surface area contributed by atoms with Crippen molar-refractivity contribution in [3.05, 3.63) is 34.9 Å². The first-order valence-corrected chi connectivity index (χ1v) is 8.26. The molecule has 0 radical (unpaired) electrons. The van der Waals surface area contributed by atoms with Gasteiger partial charge >= 0.3 is 0 Å². The molecule has 1 aromatic rings. The van der Waals surface area contributed by atoms with E-state index in [9.17, 15) is 0 Å². The number of benzene rings is 1. The van der Waals surface area contributed by atoms with E-state index in [0.29, 0.717) is 18.1 Å². The lowest BCUT2D eigenvalue weighted by atomic mass is 9.91. The summed E-state index contributed by atoms with van der Waals surface area (Å²) in [4.78, 5) is 0. The molecule has 1 aliphatic heterocycles. The van der Waals surface area contributed by atoms with Crippen molar-refractivity contribution < 1.29 is 4.74 Å². The monoisotopic (exact) mass is 273 g/mol. The fraction of sp³-hybridized carbons (Fsp3) is 0.667. The predicted octanol–water partition coefficient (Wildman–Crippen LogP) is 3.64. The highest BCUT2D eigenvalue weighted by Crippen LogP contribution is 2.33. The first kappa shape index (κ1) is 14.1. The van der Waals surface area contributed by atoms with Crippen LogP contribution in [0.1, 0.15) is 55.8 Å². The van der Waals surface area contributed by atoms with Crippen molar-refractivity contribution in [2.45, 2.75) is 58.1 Å². The van der Waals surface area contributed by atoms with E-state index in [0.717, 1.165) is 13.2 Å². The molecule has 2 aliphatic rings. The van der Waals surface area contributed by atoms with Gasteiger partial charge in [0, 0.05) is 6.61 Å². The second kappa shape index (κ2) is 6.28. The van der Waals surface area contributed by atoms with Gasteiger partial charge in [0.25, 0.3) is 0 Å². The van der Waals surface area contributed by atoms with Gasteiger partial charge in [0.1, 0.15) is 0 Å². The zero-order valence-corrected chi connectivity index (χ0v) is 12.8. The van der Waals surface area contributed by atoms with E-state index in [1.165, 1.54) is 37.7 Å². The van der Waals surface area contributed by atoms with Gasteiger partial charge in [0.2, 0.25) is 0 Å². The van der Waals surface area contributed by atoms with Crippen molar-refractivity contribution in [2.24, 2.45) is 5.92 Å². The van der Waals surface area contributed by atoms with Crippen LogP contribution in [0.5, 0.6) is 0 Å². The van der Waals surface area contributed by atoms with Crippen LogP contribution in [0.3, 0.4) is 0 Å². The molecule has 0 bridgehead atoms. The number of hydrogen-bond donors (Lipinski definition) is 1. The minimum Gasteiger partial charge on any atom is -0.376 e. The van der Waals surface area contributed by atoms with Crippen LogP contribution in [-0.2, 0) is 17.6 Å². The molecule has 3 unspecified atom stereocenters. The number of nitrogens with one attached hydrogen (secondary N) is 1. The molecule has 1 aliphatic carbocycles. The number of ether oxygens (including phenoxy) is 1. The molecule has 1 saturated heterocycles. The van der Waals surface area contributed by atoms with Crippen LogP contribution < -0.4 is 5.32 Å². The zero-order valence-electron chi connectivity index (χ0n) is 12.8. The summed E-state index contributed by atoms with van der Waals surface area (Å²) in [6, 6.07) is 7.46. The minimum absolute atomic E-state index is 0.334. The molecule has 3 atom stereocenters. The third-order valence-electron chi connectivity index (χ3n) is 4.87. The summed E-state index contributed by atoms with van der Waals surface area (Å²) in [5.41, 5.74) is 4.55. The first-order valence-electron chi connectivity index (χ1n) is 8.26. The molecule has 110 valence electrons. The summed E-state index contributed by atoms with van der Waals surface area (Å²) in [5.74, 6) is 0.651. The summed E-state index contributed by atoms with van der Waals surface area (Å²) >= 11 is 0. The molecule has 1 heterocycles. The van der Waals surface area contributed by atoms with Crippen molar-refractivity contribution in [3.8, 4) is 0 Å². The van der Waals surface area contributed by atoms with Crippen molar-refractivity contribution in [2.75, 3.05) is 13.2 Å². The fourth-order valence-electron chi connectivity index (χ4n) is 3.65. The first-order chi connectivity index (χ1) is 9.79. The van der Waals surface area contributed by atoms with E-state index >= 15 is 0 Å². The van der Waals surface area contributed by atoms with Crippen LogP contribution in [0.2, 0.25) is 0 Å². The highest BCUT2D eigenvalue weighted by atomic mass is 16.5. The van der Waals surface area contributed by atoms with E-state index in [4.69, 9.17) is 4.74 Å². The number of hydrogen-bond acceptors (Lipinski definition) is 2. The highest BCUT2D eigenvalue weighted by Gasteiger charge is 2.33. The van der Waals surface area contributed by atoms with Crippen LogP contribution in [-0.4, -0.2) is 19.3 Å². The molecule has 0 aromatic heterocycles. The highest BCUT2D eigenvalue weighted by molar-refractivity contribution is 5.37. The van der Waals surface area contributed by atoms with Crippen LogP contribution in [0.15, 0.2) is 18.2 Å². The fourth-order valence-corrected chi connectivity index (χ4v) is 3.65. The standard InChI is InChI=1S/C18H27NO/c1-3-10-19-17(18-13(2)9-11-20-18)16-8-7-14-5-4-6-15(14)12-16/h7-8,12-13,17-19H,3-6,9-11H2,1-2H3. The Balaban J connectivity index is 1.84. The lowest BCUT2D eigenvalue weighted by molar-refractivity contribution is 0.0607. The van der Waals surface area contributed by atoms with Crippen LogP contribution in [0, 0.1) is 5.92 Å². The molecule has 1 aromatic carbocycles. The van der Waals surface area contributed by atoms with E-state index in [2.05, 4.69) is 37.4 Å². The summed E-state index contributed by atoms with van der Waals surface area (Å²) in [7, 11) is 0. The Kier molecular flexibility index (Phi) is 4.42. The van der Waals surface area contributed by atoms with Gasteiger partial charge in [0.15, 0.2) is 0 Å². The lowest BCUT2D eigenvalue weighted by Crippen LogP contribution is -2.35. The maximum atomic E-state index is 6.04. The molecule has 2 nitrogen and oxygen atoms in total. The molecular formula is C18H27NO. The third-order valence-corrected chi connectivity index (χ3v) is 4.87. The van der Waals surface area contributed by atoms with Crippen molar-refractivity contribution in [1.82, 2.24) is 5.32 Å². The quantitative estimate of drug-likeness (QED) is 0.884. The van der Waals surface area contributed by atoms with Crippen LogP contribution in [0.25, 0.3) is 0 Å². The molecule has 2 heteroatoms. The molecule has 1 N–H and O–H groups in total. The van der Waals surface area contributed by atoms with Gasteiger partial charge in [-0.3, -0.25) is 0 Å². The Morgan fingerprint density at radius 2 is 2.15 bits per heavy atom. The van der Waals surface area contributed by atoms with Gasteiger partial charge in [0.05, 0.1) is 12.1 Å². The summed E-state index contributed by atoms with van der Waals surface area (Å²) in [6.45, 7) is 6.53. The average molecular weight is 273 g/mol. The van der Waals surface area contributed by atoms with Gasteiger partial charge in [-0.25, -0.2) is 0 Å². The van der Waals surface area contributed by atoms with Crippen LogP contribution in [0.4, 0.5) is 0 Å². The summed E-state index contributed by atoms with van der Waals surface area (Å²) in [6.07, 6.45) is 6.54. The zero-order chi connectivity index (χ0) is 13.9. The Morgan fingerprint density at radius 3 is 2.90 bits per heavy atom. The molecular weight excluding hydrogens is 246 g/mol. The van der Waals surface area contributed by atoms with Gasteiger partial charge in [-0.2, -0.15) is 0 Å². The summed E-state index contributed by atoms with van der Waals surface area (Å²) in [5, 5.41) is 3.72. The third kappa shape index (κ3) is 2.77. The SMILES string of the molecule is CCCNC(c1ccc2c(c1)CCC2)C1OCCC1C. The number of fused-ring (bicyclic) bond motifs is 1.